The fourth-order valence-corrected chi connectivity index (χ4v) is 4.84. The van der Waals surface area contributed by atoms with Gasteiger partial charge in [-0.1, -0.05) is 64.5 Å². The normalized spacial score (nSPS) is 11.1. The van der Waals surface area contributed by atoms with E-state index in [1.807, 2.05) is 17.5 Å². The molecule has 0 spiro atoms. The first-order valence-electron chi connectivity index (χ1n) is 12.0. The van der Waals surface area contributed by atoms with Crippen LogP contribution in [0.2, 0.25) is 0 Å². The van der Waals surface area contributed by atoms with Crippen molar-refractivity contribution >= 4 is 11.3 Å². The zero-order chi connectivity index (χ0) is 21.9. The van der Waals surface area contributed by atoms with Crippen molar-refractivity contribution in [2.45, 2.75) is 78.6 Å². The molecule has 0 N–H and O–H groups in total. The first-order chi connectivity index (χ1) is 15.2. The van der Waals surface area contributed by atoms with Gasteiger partial charge in [0, 0.05) is 16.6 Å². The zero-order valence-corrected chi connectivity index (χ0v) is 20.3. The molecular formula is C28H37NOS. The van der Waals surface area contributed by atoms with E-state index in [1.165, 1.54) is 66.5 Å². The lowest BCUT2D eigenvalue weighted by molar-refractivity contribution is 0.303. The second-order valence-corrected chi connectivity index (χ2v) is 9.32. The van der Waals surface area contributed by atoms with Gasteiger partial charge in [-0.3, -0.25) is 4.98 Å². The zero-order valence-electron chi connectivity index (χ0n) is 19.5. The summed E-state index contributed by atoms with van der Waals surface area (Å²) in [5, 5.41) is 2.22. The summed E-state index contributed by atoms with van der Waals surface area (Å²) >= 11 is 1.84. The highest BCUT2D eigenvalue weighted by Gasteiger charge is 2.10. The molecule has 3 rings (SSSR count). The fraction of sp³-hybridized carbons (Fsp3) is 0.464. The maximum atomic E-state index is 6.11. The molecule has 2 heterocycles. The second-order valence-electron chi connectivity index (χ2n) is 8.40. The Balaban J connectivity index is 1.73. The number of aromatic nitrogens is 1. The Labute approximate surface area is 192 Å². The number of aryl methyl sites for hydroxylation is 2. The number of benzene rings is 1. The van der Waals surface area contributed by atoms with Gasteiger partial charge < -0.3 is 4.74 Å². The number of rotatable bonds is 13. The number of nitrogens with zero attached hydrogens (tertiary/aromatic N) is 1. The molecule has 0 bridgehead atoms. The number of ether oxygens (including phenoxy) is 1. The number of unbranched alkanes of at least 4 members (excludes halogenated alkanes) is 6. The van der Waals surface area contributed by atoms with Gasteiger partial charge in [0.2, 0.25) is 0 Å². The molecule has 0 saturated carbocycles. The quantitative estimate of drug-likeness (QED) is 0.250. The van der Waals surface area contributed by atoms with Crippen LogP contribution in [0.15, 0.2) is 48.0 Å². The monoisotopic (exact) mass is 435 g/mol. The molecule has 0 aliphatic rings. The van der Waals surface area contributed by atoms with E-state index in [0.29, 0.717) is 0 Å². The van der Waals surface area contributed by atoms with Gasteiger partial charge in [0.25, 0.3) is 0 Å². The summed E-state index contributed by atoms with van der Waals surface area (Å²) in [7, 11) is 0. The van der Waals surface area contributed by atoms with Gasteiger partial charge in [0.05, 0.1) is 12.3 Å². The molecule has 166 valence electrons. The number of pyridine rings is 1. The Morgan fingerprint density at radius 2 is 1.65 bits per heavy atom. The summed E-state index contributed by atoms with van der Waals surface area (Å²) in [5.74, 6) is 0.980. The minimum absolute atomic E-state index is 0.786. The highest BCUT2D eigenvalue weighted by Crippen LogP contribution is 2.34. The predicted octanol–water partition coefficient (Wildman–Crippen LogP) is 8.87. The number of hydrogen-bond acceptors (Lipinski definition) is 3. The van der Waals surface area contributed by atoms with Crippen LogP contribution in [0.5, 0.6) is 5.75 Å². The molecule has 0 amide bonds. The van der Waals surface area contributed by atoms with Crippen molar-refractivity contribution < 1.29 is 4.74 Å². The molecule has 3 aromatic rings. The predicted molar refractivity (Wildman–Crippen MR) is 135 cm³/mol. The SMILES string of the molecule is CCCCCCOc1cc(-c2cc(-c3sccc3CCCCCC)ccn2)ccc1C. The molecule has 0 radical (unpaired) electrons. The van der Waals surface area contributed by atoms with Gasteiger partial charge in [-0.2, -0.15) is 0 Å². The molecule has 0 atom stereocenters. The first-order valence-corrected chi connectivity index (χ1v) is 12.9. The summed E-state index contributed by atoms with van der Waals surface area (Å²) in [5.41, 5.74) is 6.06. The van der Waals surface area contributed by atoms with E-state index in [0.717, 1.165) is 36.5 Å². The lowest BCUT2D eigenvalue weighted by Crippen LogP contribution is -1.99. The third kappa shape index (κ3) is 6.93. The molecule has 2 aromatic heterocycles. The Morgan fingerprint density at radius 1 is 0.839 bits per heavy atom. The minimum Gasteiger partial charge on any atom is -0.493 e. The van der Waals surface area contributed by atoms with Crippen molar-refractivity contribution in [1.82, 2.24) is 4.98 Å². The van der Waals surface area contributed by atoms with Crippen molar-refractivity contribution in [3.8, 4) is 27.4 Å². The second kappa shape index (κ2) is 12.7. The van der Waals surface area contributed by atoms with Crippen LogP contribution < -0.4 is 4.74 Å². The van der Waals surface area contributed by atoms with Crippen LogP contribution in [0.3, 0.4) is 0 Å². The van der Waals surface area contributed by atoms with Crippen LogP contribution in [0.25, 0.3) is 21.7 Å². The molecule has 3 heteroatoms. The molecule has 0 unspecified atom stereocenters. The van der Waals surface area contributed by atoms with Gasteiger partial charge in [-0.05, 0) is 72.5 Å². The Hall–Kier alpha value is -2.13. The van der Waals surface area contributed by atoms with Gasteiger partial charge in [-0.25, -0.2) is 0 Å². The number of hydrogen-bond donors (Lipinski definition) is 0. The molecule has 31 heavy (non-hydrogen) atoms. The fourth-order valence-electron chi connectivity index (χ4n) is 3.88. The van der Waals surface area contributed by atoms with Crippen LogP contribution in [0.1, 0.15) is 76.3 Å². The Morgan fingerprint density at radius 3 is 2.45 bits per heavy atom. The summed E-state index contributed by atoms with van der Waals surface area (Å²) in [6.07, 6.45) is 13.2. The molecule has 1 aromatic carbocycles. The first kappa shape index (κ1) is 23.5. The lowest BCUT2D eigenvalue weighted by atomic mass is 10.0. The van der Waals surface area contributed by atoms with Crippen molar-refractivity contribution in [3.63, 3.8) is 0 Å². The van der Waals surface area contributed by atoms with Gasteiger partial charge in [-0.15, -0.1) is 11.3 Å². The van der Waals surface area contributed by atoms with Crippen LogP contribution in [-0.4, -0.2) is 11.6 Å². The van der Waals surface area contributed by atoms with Gasteiger partial charge in [0.15, 0.2) is 0 Å². The average Bonchev–Trinajstić information content (AvgIpc) is 3.26. The third-order valence-corrected chi connectivity index (χ3v) is 6.81. The highest BCUT2D eigenvalue weighted by atomic mass is 32.1. The summed E-state index contributed by atoms with van der Waals surface area (Å²) in [6, 6.07) is 13.1. The largest absolute Gasteiger partial charge is 0.493 e. The van der Waals surface area contributed by atoms with Crippen molar-refractivity contribution in [1.29, 1.82) is 0 Å². The van der Waals surface area contributed by atoms with Gasteiger partial charge in [0.1, 0.15) is 5.75 Å². The van der Waals surface area contributed by atoms with Crippen LogP contribution >= 0.6 is 11.3 Å². The molecule has 0 aliphatic heterocycles. The maximum absolute atomic E-state index is 6.11. The van der Waals surface area contributed by atoms with E-state index in [-0.39, 0.29) is 0 Å². The van der Waals surface area contributed by atoms with Crippen LogP contribution in [-0.2, 0) is 6.42 Å². The van der Waals surface area contributed by atoms with Crippen LogP contribution in [0, 0.1) is 6.92 Å². The van der Waals surface area contributed by atoms with E-state index in [2.05, 4.69) is 67.5 Å². The highest BCUT2D eigenvalue weighted by molar-refractivity contribution is 7.13. The molecule has 2 nitrogen and oxygen atoms in total. The van der Waals surface area contributed by atoms with E-state index >= 15 is 0 Å². The van der Waals surface area contributed by atoms with E-state index in [1.54, 1.807) is 0 Å². The van der Waals surface area contributed by atoms with E-state index < -0.39 is 0 Å². The third-order valence-electron chi connectivity index (χ3n) is 5.81. The van der Waals surface area contributed by atoms with Crippen LogP contribution in [0.4, 0.5) is 0 Å². The van der Waals surface area contributed by atoms with E-state index in [4.69, 9.17) is 4.74 Å². The molecule has 0 aliphatic carbocycles. The van der Waals surface area contributed by atoms with E-state index in [9.17, 15) is 0 Å². The standard InChI is InChI=1S/C28H37NOS/c1-4-6-8-10-12-23-16-19-31-28(23)25-15-17-29-26(20-25)24-14-13-22(3)27(21-24)30-18-11-9-7-5-2/h13-17,19-21H,4-12,18H2,1-3H3. The number of thiophene rings is 1. The average molecular weight is 436 g/mol. The Kier molecular flexibility index (Phi) is 9.61. The molecule has 0 saturated heterocycles. The van der Waals surface area contributed by atoms with Crippen molar-refractivity contribution in [2.75, 3.05) is 6.61 Å². The summed E-state index contributed by atoms with van der Waals surface area (Å²) in [4.78, 5) is 6.06. The van der Waals surface area contributed by atoms with Gasteiger partial charge >= 0.3 is 0 Å². The molecule has 0 fully saturated rings. The smallest absolute Gasteiger partial charge is 0.122 e. The maximum Gasteiger partial charge on any atom is 0.122 e. The lowest BCUT2D eigenvalue weighted by Gasteiger charge is -2.12. The van der Waals surface area contributed by atoms with Crippen molar-refractivity contribution in [3.05, 3.63) is 59.1 Å². The Bertz CT molecular complexity index is 930. The summed E-state index contributed by atoms with van der Waals surface area (Å²) in [6.45, 7) is 7.41. The minimum atomic E-state index is 0.786. The topological polar surface area (TPSA) is 22.1 Å². The van der Waals surface area contributed by atoms with Crippen molar-refractivity contribution in [2.24, 2.45) is 0 Å². The molecular weight excluding hydrogens is 398 g/mol. The summed E-state index contributed by atoms with van der Waals surface area (Å²) < 4.78 is 6.11.